The van der Waals surface area contributed by atoms with E-state index in [4.69, 9.17) is 14.2 Å². The Balaban J connectivity index is 1.30. The van der Waals surface area contributed by atoms with Crippen LogP contribution in [-0.4, -0.2) is 43.4 Å². The van der Waals surface area contributed by atoms with Crippen LogP contribution in [0.4, 0.5) is 0 Å². The largest absolute Gasteiger partial charge is 0.497 e. The fraction of sp³-hybridized carbons (Fsp3) is 0.263. The van der Waals surface area contributed by atoms with Gasteiger partial charge in [0.05, 0.1) is 7.11 Å². The van der Waals surface area contributed by atoms with E-state index in [1.807, 2.05) is 78.9 Å². The highest BCUT2D eigenvalue weighted by Crippen LogP contribution is 2.42. The van der Waals surface area contributed by atoms with E-state index in [1.165, 1.54) is 19.3 Å². The minimum absolute atomic E-state index is 0.458. The van der Waals surface area contributed by atoms with Gasteiger partial charge < -0.3 is 19.3 Å². The van der Waals surface area contributed by atoms with Crippen molar-refractivity contribution in [1.29, 1.82) is 0 Å². The lowest BCUT2D eigenvalue weighted by molar-refractivity contribution is 0.183. The Morgan fingerprint density at radius 1 is 0.721 bits per heavy atom. The van der Waals surface area contributed by atoms with E-state index in [2.05, 4.69) is 35.2 Å². The summed E-state index contributed by atoms with van der Waals surface area (Å²) in [5, 5.41) is 13.9. The molecule has 220 valence electrons. The number of hydrogen-bond acceptors (Lipinski definition) is 5. The van der Waals surface area contributed by atoms with Crippen molar-refractivity contribution in [2.75, 3.05) is 33.4 Å². The molecule has 43 heavy (non-hydrogen) atoms. The lowest BCUT2D eigenvalue weighted by Gasteiger charge is -2.26. The van der Waals surface area contributed by atoms with Gasteiger partial charge in [-0.1, -0.05) is 85.3 Å². The maximum absolute atomic E-state index is 12.0. The third-order valence-corrected chi connectivity index (χ3v) is 8.28. The van der Waals surface area contributed by atoms with Crippen LogP contribution in [0.2, 0.25) is 0 Å². The van der Waals surface area contributed by atoms with Crippen molar-refractivity contribution in [1.82, 2.24) is 4.90 Å². The molecule has 0 saturated carbocycles. The smallest absolute Gasteiger partial charge is 0.127 e. The van der Waals surface area contributed by atoms with Crippen molar-refractivity contribution in [2.24, 2.45) is 0 Å². The first-order valence-corrected chi connectivity index (χ1v) is 15.2. The predicted octanol–water partition coefficient (Wildman–Crippen LogP) is 8.04. The molecule has 0 spiro atoms. The molecular weight excluding hydrogens is 534 g/mol. The molecule has 5 nitrogen and oxygen atoms in total. The second kappa shape index (κ2) is 13.8. The number of ether oxygens (including phenoxy) is 3. The molecule has 1 aliphatic heterocycles. The van der Waals surface area contributed by atoms with E-state index >= 15 is 0 Å². The molecule has 5 aromatic rings. The third kappa shape index (κ3) is 6.85. The summed E-state index contributed by atoms with van der Waals surface area (Å²) in [4.78, 5) is 2.47. The summed E-state index contributed by atoms with van der Waals surface area (Å²) in [5.41, 5.74) is 4.59. The fourth-order valence-corrected chi connectivity index (χ4v) is 5.93. The molecule has 6 rings (SSSR count). The van der Waals surface area contributed by atoms with E-state index in [9.17, 15) is 5.11 Å². The molecule has 0 radical (unpaired) electrons. The number of aliphatic hydroxyl groups is 1. The number of aliphatic hydroxyl groups excluding tert-OH is 1. The number of nitrogens with zero attached hydrogens (tertiary/aromatic N) is 1. The van der Waals surface area contributed by atoms with Crippen LogP contribution in [0, 0.1) is 0 Å². The molecule has 1 unspecified atom stereocenters. The molecule has 0 amide bonds. The van der Waals surface area contributed by atoms with Gasteiger partial charge in [-0.2, -0.15) is 0 Å². The van der Waals surface area contributed by atoms with Gasteiger partial charge >= 0.3 is 0 Å². The van der Waals surface area contributed by atoms with E-state index in [0.717, 1.165) is 75.5 Å². The molecule has 1 aliphatic rings. The third-order valence-electron chi connectivity index (χ3n) is 8.28. The van der Waals surface area contributed by atoms with Gasteiger partial charge in [0.2, 0.25) is 0 Å². The predicted molar refractivity (Wildman–Crippen MR) is 173 cm³/mol. The second-order valence-corrected chi connectivity index (χ2v) is 11.1. The Kier molecular flexibility index (Phi) is 9.22. The van der Waals surface area contributed by atoms with Gasteiger partial charge in [-0.3, -0.25) is 4.90 Å². The topological polar surface area (TPSA) is 51.2 Å². The van der Waals surface area contributed by atoms with Crippen LogP contribution >= 0.6 is 0 Å². The summed E-state index contributed by atoms with van der Waals surface area (Å²) in [5.74, 6) is 2.36. The van der Waals surface area contributed by atoms with E-state index in [1.54, 1.807) is 7.11 Å². The lowest BCUT2D eigenvalue weighted by Crippen LogP contribution is -2.33. The Bertz CT molecular complexity index is 1630. The maximum Gasteiger partial charge on any atom is 0.127 e. The zero-order chi connectivity index (χ0) is 29.4. The number of rotatable bonds is 11. The quantitative estimate of drug-likeness (QED) is 0.173. The van der Waals surface area contributed by atoms with Crippen molar-refractivity contribution in [3.05, 3.63) is 126 Å². The van der Waals surface area contributed by atoms with Crippen LogP contribution in [0.1, 0.15) is 42.1 Å². The van der Waals surface area contributed by atoms with Crippen molar-refractivity contribution in [3.63, 3.8) is 0 Å². The molecule has 1 saturated heterocycles. The molecule has 5 heteroatoms. The molecule has 1 atom stereocenters. The van der Waals surface area contributed by atoms with Crippen molar-refractivity contribution < 1.29 is 19.3 Å². The Labute approximate surface area is 254 Å². The highest BCUT2D eigenvalue weighted by Gasteiger charge is 2.22. The first kappa shape index (κ1) is 28.8. The average Bonchev–Trinajstić information content (AvgIpc) is 3.07. The van der Waals surface area contributed by atoms with Gasteiger partial charge in [0.15, 0.2) is 0 Å². The lowest BCUT2D eigenvalue weighted by atomic mass is 9.88. The summed E-state index contributed by atoms with van der Waals surface area (Å²) in [6.45, 7) is 4.39. The molecule has 1 heterocycles. The van der Waals surface area contributed by atoms with Crippen LogP contribution in [0.25, 0.3) is 21.9 Å². The molecule has 5 aromatic carbocycles. The number of hydrogen-bond donors (Lipinski definition) is 1. The molecule has 0 bridgehead atoms. The first-order chi connectivity index (χ1) is 21.2. The van der Waals surface area contributed by atoms with Crippen molar-refractivity contribution in [3.8, 4) is 28.4 Å². The van der Waals surface area contributed by atoms with Crippen molar-refractivity contribution >= 4 is 10.8 Å². The number of piperidine rings is 1. The number of fused-ring (bicyclic) bond motifs is 1. The number of likely N-dealkylation sites (tertiary alicyclic amines) is 1. The minimum Gasteiger partial charge on any atom is -0.497 e. The first-order valence-electron chi connectivity index (χ1n) is 15.2. The SMILES string of the molecule is COc1ccc2c(C(O)c3ccc(OCCN4CCCCC4)cc3)c(-c3ccccc3OCc3ccccc3)ccc2c1. The zero-order valence-corrected chi connectivity index (χ0v) is 24.7. The Morgan fingerprint density at radius 3 is 2.26 bits per heavy atom. The minimum atomic E-state index is -0.864. The summed E-state index contributed by atoms with van der Waals surface area (Å²) < 4.78 is 17.9. The highest BCUT2D eigenvalue weighted by atomic mass is 16.5. The molecule has 1 fully saturated rings. The van der Waals surface area contributed by atoms with Gasteiger partial charge in [0.25, 0.3) is 0 Å². The Hall–Kier alpha value is -4.32. The number of para-hydroxylation sites is 1. The van der Waals surface area contributed by atoms with Crippen LogP contribution in [0.5, 0.6) is 17.2 Å². The van der Waals surface area contributed by atoms with Gasteiger partial charge in [-0.05, 0) is 83.7 Å². The summed E-state index contributed by atoms with van der Waals surface area (Å²) >= 11 is 0. The summed E-state index contributed by atoms with van der Waals surface area (Å²) in [6, 6.07) is 36.2. The normalized spacial score (nSPS) is 14.4. The standard InChI is InChI=1S/C38H39NO4/c1-41-32-19-21-33-30(26-32)16-20-35(34-12-6-7-13-36(34)43-27-28-10-4-2-5-11-28)37(33)38(40)29-14-17-31(18-15-29)42-25-24-39-22-8-3-9-23-39/h2,4-7,10-21,26,38,40H,3,8-9,22-25,27H2,1H3. The fourth-order valence-electron chi connectivity index (χ4n) is 5.93. The van der Waals surface area contributed by atoms with Crippen LogP contribution in [0.15, 0.2) is 109 Å². The Morgan fingerprint density at radius 2 is 1.47 bits per heavy atom. The van der Waals surface area contributed by atoms with Crippen LogP contribution < -0.4 is 14.2 Å². The highest BCUT2D eigenvalue weighted by molar-refractivity contribution is 5.94. The number of methoxy groups -OCH3 is 1. The number of benzene rings is 5. The van der Waals surface area contributed by atoms with E-state index in [0.29, 0.717) is 13.2 Å². The van der Waals surface area contributed by atoms with Gasteiger partial charge in [-0.25, -0.2) is 0 Å². The summed E-state index contributed by atoms with van der Waals surface area (Å²) in [7, 11) is 1.67. The molecule has 1 N–H and O–H groups in total. The second-order valence-electron chi connectivity index (χ2n) is 11.1. The van der Waals surface area contributed by atoms with Gasteiger partial charge in [0.1, 0.15) is 36.6 Å². The van der Waals surface area contributed by atoms with Gasteiger partial charge in [-0.15, -0.1) is 0 Å². The zero-order valence-electron chi connectivity index (χ0n) is 24.7. The average molecular weight is 574 g/mol. The maximum atomic E-state index is 12.0. The monoisotopic (exact) mass is 573 g/mol. The molecule has 0 aliphatic carbocycles. The molecular formula is C38H39NO4. The van der Waals surface area contributed by atoms with Crippen molar-refractivity contribution in [2.45, 2.75) is 32.0 Å². The van der Waals surface area contributed by atoms with Crippen LogP contribution in [0.3, 0.4) is 0 Å². The van der Waals surface area contributed by atoms with Crippen LogP contribution in [-0.2, 0) is 6.61 Å². The van der Waals surface area contributed by atoms with Gasteiger partial charge in [0, 0.05) is 17.7 Å². The summed E-state index contributed by atoms with van der Waals surface area (Å²) in [6.07, 6.45) is 3.02. The van der Waals surface area contributed by atoms with E-state index < -0.39 is 6.10 Å². The molecule has 0 aromatic heterocycles. The van der Waals surface area contributed by atoms with E-state index in [-0.39, 0.29) is 0 Å².